The van der Waals surface area contributed by atoms with Crippen molar-refractivity contribution in [2.45, 2.75) is 25.7 Å². The molecule has 0 aromatic carbocycles. The fraction of sp³-hybridized carbons (Fsp3) is 0.571. The minimum atomic E-state index is -1.33. The number of hydrogen-bond donors (Lipinski definition) is 2. The highest BCUT2D eigenvalue weighted by Crippen LogP contribution is 2.07. The molecular weight excluding hydrogens is 130 g/mol. The lowest BCUT2D eigenvalue weighted by Crippen LogP contribution is -2.03. The Morgan fingerprint density at radius 1 is 1.30 bits per heavy atom. The molecule has 0 fully saturated rings. The summed E-state index contributed by atoms with van der Waals surface area (Å²) in [5.74, 6) is 0. The highest BCUT2D eigenvalue weighted by Gasteiger charge is 1.87. The van der Waals surface area contributed by atoms with Crippen LogP contribution in [0.4, 0.5) is 4.79 Å². The van der Waals surface area contributed by atoms with Crippen LogP contribution in [0.5, 0.6) is 0 Å². The summed E-state index contributed by atoms with van der Waals surface area (Å²) in [7, 11) is 0. The molecule has 10 heavy (non-hydrogen) atoms. The summed E-state index contributed by atoms with van der Waals surface area (Å²) in [6.45, 7) is 0. The third-order valence-electron chi connectivity index (χ3n) is 1.16. The number of nitrogens with two attached hydrogens (primary N) is 1. The first-order valence-corrected chi connectivity index (χ1v) is 3.37. The van der Waals surface area contributed by atoms with E-state index in [2.05, 4.69) is 17.9 Å². The van der Waals surface area contributed by atoms with Crippen LogP contribution in [0.25, 0.3) is 0 Å². The number of rotatable bonds is 0. The van der Waals surface area contributed by atoms with Crippen LogP contribution in [0, 0.1) is 0 Å². The van der Waals surface area contributed by atoms with E-state index < -0.39 is 6.09 Å². The van der Waals surface area contributed by atoms with Crippen LogP contribution in [0.15, 0.2) is 12.2 Å². The van der Waals surface area contributed by atoms with Gasteiger partial charge in [0.25, 0.3) is 0 Å². The van der Waals surface area contributed by atoms with Gasteiger partial charge in [0, 0.05) is 0 Å². The molecule has 1 rings (SSSR count). The second kappa shape index (κ2) is 6.13. The molecule has 1 amide bonds. The lowest BCUT2D eigenvalue weighted by molar-refractivity contribution is 0.205. The average Bonchev–Trinajstić information content (AvgIpc) is 1.90. The molecular formula is C7H13NO2. The topological polar surface area (TPSA) is 63.3 Å². The molecule has 58 valence electrons. The lowest BCUT2D eigenvalue weighted by Gasteiger charge is -1.97. The molecule has 0 unspecified atom stereocenters. The van der Waals surface area contributed by atoms with Crippen molar-refractivity contribution in [2.24, 2.45) is 5.73 Å². The third-order valence-corrected chi connectivity index (χ3v) is 1.16. The summed E-state index contributed by atoms with van der Waals surface area (Å²) in [5.41, 5.74) is 4.03. The standard InChI is InChI=1S/C6H10.CH3NO2/c1-2-4-6-5-3-1;2-1(3)4/h1-2H,3-6H2;2H2,(H,3,4). The molecule has 0 aromatic rings. The first kappa shape index (κ1) is 9.01. The maximum Gasteiger partial charge on any atom is 0.402 e. The van der Waals surface area contributed by atoms with Gasteiger partial charge in [0.1, 0.15) is 0 Å². The smallest absolute Gasteiger partial charge is 0.402 e. The van der Waals surface area contributed by atoms with Gasteiger partial charge in [-0.1, -0.05) is 12.2 Å². The fourth-order valence-electron chi connectivity index (χ4n) is 0.760. The molecule has 3 nitrogen and oxygen atoms in total. The third kappa shape index (κ3) is 10.1. The zero-order chi connectivity index (χ0) is 7.82. The van der Waals surface area contributed by atoms with Crippen molar-refractivity contribution in [3.05, 3.63) is 12.2 Å². The number of allylic oxidation sites excluding steroid dienone is 2. The summed E-state index contributed by atoms with van der Waals surface area (Å²) < 4.78 is 0. The minimum Gasteiger partial charge on any atom is -0.465 e. The molecule has 0 aliphatic heterocycles. The number of carbonyl (C=O) groups is 1. The van der Waals surface area contributed by atoms with Crippen molar-refractivity contribution in [2.75, 3.05) is 0 Å². The summed E-state index contributed by atoms with van der Waals surface area (Å²) >= 11 is 0. The van der Waals surface area contributed by atoms with Gasteiger partial charge in [-0.15, -0.1) is 0 Å². The van der Waals surface area contributed by atoms with Gasteiger partial charge in [-0.2, -0.15) is 0 Å². The normalized spacial score (nSPS) is 15.2. The van der Waals surface area contributed by atoms with E-state index in [9.17, 15) is 0 Å². The van der Waals surface area contributed by atoms with Crippen molar-refractivity contribution in [3.8, 4) is 0 Å². The molecule has 1 aliphatic carbocycles. The first-order chi connectivity index (χ1) is 4.73. The van der Waals surface area contributed by atoms with Crippen LogP contribution < -0.4 is 5.73 Å². The van der Waals surface area contributed by atoms with Crippen molar-refractivity contribution in [1.82, 2.24) is 0 Å². The molecule has 1 aliphatic rings. The number of primary amides is 1. The lowest BCUT2D eigenvalue weighted by atomic mass is 10.1. The van der Waals surface area contributed by atoms with E-state index >= 15 is 0 Å². The Kier molecular flexibility index (Phi) is 5.53. The minimum absolute atomic E-state index is 1.32. The zero-order valence-electron chi connectivity index (χ0n) is 5.92. The SMILES string of the molecule is C1=CCCCC1.NC(=O)O. The van der Waals surface area contributed by atoms with Gasteiger partial charge >= 0.3 is 6.09 Å². The van der Waals surface area contributed by atoms with Crippen LogP contribution in [0.1, 0.15) is 25.7 Å². The number of amides is 1. The maximum absolute atomic E-state index is 8.78. The van der Waals surface area contributed by atoms with Crippen molar-refractivity contribution >= 4 is 6.09 Å². The van der Waals surface area contributed by atoms with Gasteiger partial charge in [0.2, 0.25) is 0 Å². The second-order valence-corrected chi connectivity index (χ2v) is 2.09. The highest BCUT2D eigenvalue weighted by atomic mass is 16.4. The summed E-state index contributed by atoms with van der Waals surface area (Å²) in [5, 5.41) is 7.19. The molecule has 3 heteroatoms. The van der Waals surface area contributed by atoms with Crippen molar-refractivity contribution < 1.29 is 9.90 Å². The Hall–Kier alpha value is -0.990. The van der Waals surface area contributed by atoms with Gasteiger partial charge in [-0.3, -0.25) is 0 Å². The summed E-state index contributed by atoms with van der Waals surface area (Å²) in [4.78, 5) is 8.78. The predicted octanol–water partition coefficient (Wildman–Crippen LogP) is 1.74. The Morgan fingerprint density at radius 3 is 1.70 bits per heavy atom. The Morgan fingerprint density at radius 2 is 1.60 bits per heavy atom. The molecule has 0 radical (unpaired) electrons. The van der Waals surface area contributed by atoms with Gasteiger partial charge < -0.3 is 10.8 Å². The molecule has 0 bridgehead atoms. The monoisotopic (exact) mass is 143 g/mol. The van der Waals surface area contributed by atoms with E-state index in [-0.39, 0.29) is 0 Å². The Balaban J connectivity index is 0.000000180. The predicted molar refractivity (Wildman–Crippen MR) is 39.8 cm³/mol. The second-order valence-electron chi connectivity index (χ2n) is 2.09. The fourth-order valence-corrected chi connectivity index (χ4v) is 0.760. The molecule has 0 atom stereocenters. The number of hydrogen-bond acceptors (Lipinski definition) is 1. The van der Waals surface area contributed by atoms with E-state index in [0.717, 1.165) is 0 Å². The molecule has 0 heterocycles. The van der Waals surface area contributed by atoms with Crippen LogP contribution in [0.2, 0.25) is 0 Å². The van der Waals surface area contributed by atoms with Gasteiger partial charge in [0.15, 0.2) is 0 Å². The first-order valence-electron chi connectivity index (χ1n) is 3.37. The average molecular weight is 143 g/mol. The number of carboxylic acid groups (broad SMARTS) is 1. The maximum atomic E-state index is 8.78. The van der Waals surface area contributed by atoms with Crippen LogP contribution in [-0.2, 0) is 0 Å². The van der Waals surface area contributed by atoms with Gasteiger partial charge in [-0.05, 0) is 25.7 Å². The molecule has 0 saturated carbocycles. The molecule has 3 N–H and O–H groups in total. The summed E-state index contributed by atoms with van der Waals surface area (Å²) in [6, 6.07) is 0. The molecule has 0 spiro atoms. The zero-order valence-corrected chi connectivity index (χ0v) is 5.92. The van der Waals surface area contributed by atoms with E-state index in [1.807, 2.05) is 0 Å². The van der Waals surface area contributed by atoms with E-state index in [0.29, 0.717) is 0 Å². The summed E-state index contributed by atoms with van der Waals surface area (Å²) in [6.07, 6.45) is 8.67. The molecule has 0 saturated heterocycles. The Labute approximate surface area is 60.5 Å². The van der Waals surface area contributed by atoms with E-state index in [1.54, 1.807) is 0 Å². The van der Waals surface area contributed by atoms with Crippen LogP contribution in [0.3, 0.4) is 0 Å². The van der Waals surface area contributed by atoms with Gasteiger partial charge in [0.05, 0.1) is 0 Å². The quantitative estimate of drug-likeness (QED) is 0.507. The molecule has 0 aromatic heterocycles. The van der Waals surface area contributed by atoms with E-state index in [1.165, 1.54) is 25.7 Å². The van der Waals surface area contributed by atoms with E-state index in [4.69, 9.17) is 9.90 Å². The highest BCUT2D eigenvalue weighted by molar-refractivity contribution is 5.61. The van der Waals surface area contributed by atoms with Crippen LogP contribution >= 0.6 is 0 Å². The van der Waals surface area contributed by atoms with Crippen molar-refractivity contribution in [1.29, 1.82) is 0 Å². The van der Waals surface area contributed by atoms with Crippen molar-refractivity contribution in [3.63, 3.8) is 0 Å². The Bertz CT molecular complexity index is 109. The van der Waals surface area contributed by atoms with Crippen LogP contribution in [-0.4, -0.2) is 11.2 Å². The van der Waals surface area contributed by atoms with Gasteiger partial charge in [-0.25, -0.2) is 4.79 Å². The largest absolute Gasteiger partial charge is 0.465 e.